The largest absolute Gasteiger partial charge is 0.333 e. The van der Waals surface area contributed by atoms with Gasteiger partial charge in [-0.25, -0.2) is 9.97 Å². The molecule has 0 saturated heterocycles. The van der Waals surface area contributed by atoms with Crippen LogP contribution >= 0.6 is 11.3 Å². The summed E-state index contributed by atoms with van der Waals surface area (Å²) < 4.78 is 2.17. The fourth-order valence-electron chi connectivity index (χ4n) is 2.91. The lowest BCUT2D eigenvalue weighted by molar-refractivity contribution is 0.0697. The quantitative estimate of drug-likeness (QED) is 0.858. The molecule has 0 radical (unpaired) electrons. The molecule has 0 N–H and O–H groups in total. The minimum absolute atomic E-state index is 0.0000926. The van der Waals surface area contributed by atoms with Crippen LogP contribution in [0.4, 0.5) is 0 Å². The number of hydrogen-bond donors (Lipinski definition) is 0. The minimum atomic E-state index is -0.0000926. The number of nitrogens with zero attached hydrogens (tertiary/aromatic N) is 5. The highest BCUT2D eigenvalue weighted by atomic mass is 32.1. The Morgan fingerprint density at radius 3 is 2.96 bits per heavy atom. The molecule has 1 aliphatic heterocycles. The van der Waals surface area contributed by atoms with Crippen LogP contribution in [0, 0.1) is 5.92 Å². The van der Waals surface area contributed by atoms with Crippen molar-refractivity contribution in [3.63, 3.8) is 0 Å². The molecule has 7 heteroatoms. The number of aromatic nitrogens is 3. The maximum absolute atomic E-state index is 12.7. The third kappa shape index (κ3) is 3.61. The molecule has 1 amide bonds. The Morgan fingerprint density at radius 2 is 2.26 bits per heavy atom. The first-order chi connectivity index (χ1) is 11.0. The number of imidazole rings is 1. The molecule has 1 atom stereocenters. The second kappa shape index (κ2) is 6.80. The van der Waals surface area contributed by atoms with Gasteiger partial charge in [-0.3, -0.25) is 4.79 Å². The van der Waals surface area contributed by atoms with Crippen molar-refractivity contribution in [2.24, 2.45) is 5.92 Å². The van der Waals surface area contributed by atoms with Gasteiger partial charge in [-0.1, -0.05) is 0 Å². The SMILES string of the molecule is CC(C)N(C)CC1CN(C(=O)c2cscn2)Cc2nccn2C1. The Labute approximate surface area is 140 Å². The van der Waals surface area contributed by atoms with Crippen LogP contribution in [0.5, 0.6) is 0 Å². The number of fused-ring (bicyclic) bond motifs is 1. The molecule has 6 nitrogen and oxygen atoms in total. The van der Waals surface area contributed by atoms with E-state index in [1.165, 1.54) is 11.3 Å². The molecule has 2 aromatic rings. The van der Waals surface area contributed by atoms with E-state index in [-0.39, 0.29) is 5.91 Å². The molecule has 0 aromatic carbocycles. The summed E-state index contributed by atoms with van der Waals surface area (Å²) in [7, 11) is 2.14. The standard InChI is InChI=1S/C16H23N5OS/c1-12(2)19(3)6-13-7-20-5-4-17-15(20)9-21(8-13)16(22)14-10-23-11-18-14/h4-5,10-13H,6-9H2,1-3H3. The maximum atomic E-state index is 12.7. The van der Waals surface area contributed by atoms with E-state index >= 15 is 0 Å². The molecule has 0 spiro atoms. The molecule has 0 bridgehead atoms. The number of thiazole rings is 1. The molecule has 3 heterocycles. The highest BCUT2D eigenvalue weighted by Crippen LogP contribution is 2.19. The van der Waals surface area contributed by atoms with E-state index in [9.17, 15) is 4.79 Å². The van der Waals surface area contributed by atoms with Gasteiger partial charge < -0.3 is 14.4 Å². The first-order valence-electron chi connectivity index (χ1n) is 7.92. The summed E-state index contributed by atoms with van der Waals surface area (Å²) in [6, 6.07) is 0.489. The minimum Gasteiger partial charge on any atom is -0.333 e. The van der Waals surface area contributed by atoms with Crippen LogP contribution in [0.3, 0.4) is 0 Å². The van der Waals surface area contributed by atoms with Crippen LogP contribution in [-0.2, 0) is 13.1 Å². The highest BCUT2D eigenvalue weighted by molar-refractivity contribution is 7.07. The van der Waals surface area contributed by atoms with E-state index in [1.807, 2.05) is 22.7 Å². The summed E-state index contributed by atoms with van der Waals surface area (Å²) >= 11 is 1.45. The number of amides is 1. The van der Waals surface area contributed by atoms with E-state index in [0.29, 0.717) is 24.2 Å². The molecule has 3 rings (SSSR count). The smallest absolute Gasteiger partial charge is 0.273 e. The molecule has 0 saturated carbocycles. The number of hydrogen-bond acceptors (Lipinski definition) is 5. The normalized spacial score (nSPS) is 18.3. The van der Waals surface area contributed by atoms with Gasteiger partial charge in [-0.05, 0) is 20.9 Å². The van der Waals surface area contributed by atoms with E-state index in [1.54, 1.807) is 5.51 Å². The van der Waals surface area contributed by atoms with E-state index < -0.39 is 0 Å². The van der Waals surface area contributed by atoms with Crippen molar-refractivity contribution in [2.75, 3.05) is 20.1 Å². The van der Waals surface area contributed by atoms with E-state index in [0.717, 1.165) is 25.5 Å². The molecule has 0 fully saturated rings. The lowest BCUT2D eigenvalue weighted by atomic mass is 10.1. The molecule has 124 valence electrons. The van der Waals surface area contributed by atoms with Crippen LogP contribution in [-0.4, -0.2) is 56.4 Å². The van der Waals surface area contributed by atoms with Crippen LogP contribution in [0.1, 0.15) is 30.2 Å². The van der Waals surface area contributed by atoms with Gasteiger partial charge in [0.2, 0.25) is 0 Å². The van der Waals surface area contributed by atoms with Crippen molar-refractivity contribution < 1.29 is 4.79 Å². The predicted molar refractivity (Wildman–Crippen MR) is 90.3 cm³/mol. The molecular weight excluding hydrogens is 310 g/mol. The monoisotopic (exact) mass is 333 g/mol. The molecule has 2 aromatic heterocycles. The summed E-state index contributed by atoms with van der Waals surface area (Å²) in [4.78, 5) is 25.5. The molecule has 1 aliphatic rings. The third-order valence-electron chi connectivity index (χ3n) is 4.43. The van der Waals surface area contributed by atoms with Crippen molar-refractivity contribution in [1.82, 2.24) is 24.3 Å². The first kappa shape index (κ1) is 16.1. The molecular formula is C16H23N5OS. The van der Waals surface area contributed by atoms with Gasteiger partial charge >= 0.3 is 0 Å². The second-order valence-electron chi connectivity index (χ2n) is 6.45. The summed E-state index contributed by atoms with van der Waals surface area (Å²) in [6.07, 6.45) is 3.82. The second-order valence-corrected chi connectivity index (χ2v) is 7.17. The van der Waals surface area contributed by atoms with Gasteiger partial charge in [0.15, 0.2) is 0 Å². The fourth-order valence-corrected chi connectivity index (χ4v) is 3.44. The van der Waals surface area contributed by atoms with Crippen LogP contribution in [0.15, 0.2) is 23.3 Å². The average molecular weight is 333 g/mol. The highest BCUT2D eigenvalue weighted by Gasteiger charge is 2.28. The Kier molecular flexibility index (Phi) is 4.77. The summed E-state index contributed by atoms with van der Waals surface area (Å²) in [6.45, 7) is 7.51. The van der Waals surface area contributed by atoms with Gasteiger partial charge in [0.1, 0.15) is 11.5 Å². The van der Waals surface area contributed by atoms with Gasteiger partial charge in [0, 0.05) is 49.4 Å². The van der Waals surface area contributed by atoms with Gasteiger partial charge in [0.25, 0.3) is 5.91 Å². The van der Waals surface area contributed by atoms with Gasteiger partial charge in [0.05, 0.1) is 12.1 Å². The number of carbonyl (C=O) groups is 1. The van der Waals surface area contributed by atoms with Gasteiger partial charge in [-0.15, -0.1) is 11.3 Å². The Hall–Kier alpha value is -1.73. The van der Waals surface area contributed by atoms with Crippen molar-refractivity contribution in [3.05, 3.63) is 34.8 Å². The van der Waals surface area contributed by atoms with Crippen molar-refractivity contribution in [1.29, 1.82) is 0 Å². The predicted octanol–water partition coefficient (Wildman–Crippen LogP) is 1.95. The van der Waals surface area contributed by atoms with Crippen molar-refractivity contribution >= 4 is 17.2 Å². The van der Waals surface area contributed by atoms with Crippen LogP contribution < -0.4 is 0 Å². The average Bonchev–Trinajstić information content (AvgIpc) is 3.15. The fraction of sp³-hybridized carbons (Fsp3) is 0.562. The Bertz CT molecular complexity index is 651. The van der Waals surface area contributed by atoms with Crippen LogP contribution in [0.2, 0.25) is 0 Å². The zero-order valence-electron chi connectivity index (χ0n) is 13.8. The topological polar surface area (TPSA) is 54.3 Å². The lowest BCUT2D eigenvalue weighted by Crippen LogP contribution is -2.40. The van der Waals surface area contributed by atoms with Gasteiger partial charge in [-0.2, -0.15) is 0 Å². The molecule has 23 heavy (non-hydrogen) atoms. The maximum Gasteiger partial charge on any atom is 0.273 e. The van der Waals surface area contributed by atoms with E-state index in [2.05, 4.69) is 40.3 Å². The molecule has 1 unspecified atom stereocenters. The van der Waals surface area contributed by atoms with Crippen LogP contribution in [0.25, 0.3) is 0 Å². The number of carbonyl (C=O) groups excluding carboxylic acids is 1. The van der Waals surface area contributed by atoms with Crippen molar-refractivity contribution in [3.8, 4) is 0 Å². The third-order valence-corrected chi connectivity index (χ3v) is 5.02. The zero-order chi connectivity index (χ0) is 16.4. The molecule has 0 aliphatic carbocycles. The summed E-state index contributed by atoms with van der Waals surface area (Å²) in [5.74, 6) is 1.32. The zero-order valence-corrected chi connectivity index (χ0v) is 14.7. The summed E-state index contributed by atoms with van der Waals surface area (Å²) in [5, 5.41) is 1.81. The van der Waals surface area contributed by atoms with E-state index in [4.69, 9.17) is 0 Å². The number of rotatable bonds is 4. The van der Waals surface area contributed by atoms with Crippen molar-refractivity contribution in [2.45, 2.75) is 33.0 Å². The Morgan fingerprint density at radius 1 is 1.43 bits per heavy atom. The summed E-state index contributed by atoms with van der Waals surface area (Å²) in [5.41, 5.74) is 2.24. The lowest BCUT2D eigenvalue weighted by Gasteiger charge is -2.29. The Balaban J connectivity index is 1.81. The first-order valence-corrected chi connectivity index (χ1v) is 8.86.